The van der Waals surface area contributed by atoms with Gasteiger partial charge in [0.2, 0.25) is 0 Å². The van der Waals surface area contributed by atoms with Crippen molar-refractivity contribution in [1.29, 1.82) is 0 Å². The third-order valence-corrected chi connectivity index (χ3v) is 3.66. The molecule has 1 fully saturated rings. The SMILES string of the molecule is CNc1cnc(CN2CCC(C(C)O)CC2)cn1. The fourth-order valence-electron chi connectivity index (χ4n) is 2.39. The van der Waals surface area contributed by atoms with Gasteiger partial charge in [-0.2, -0.15) is 0 Å². The number of nitrogens with zero attached hydrogens (tertiary/aromatic N) is 3. The zero-order chi connectivity index (χ0) is 13.0. The second-order valence-electron chi connectivity index (χ2n) is 5.00. The Kier molecular flexibility index (Phi) is 4.49. The van der Waals surface area contributed by atoms with Crippen LogP contribution in [0.15, 0.2) is 12.4 Å². The zero-order valence-corrected chi connectivity index (χ0v) is 11.1. The second kappa shape index (κ2) is 6.11. The lowest BCUT2D eigenvalue weighted by atomic mass is 9.92. The largest absolute Gasteiger partial charge is 0.393 e. The highest BCUT2D eigenvalue weighted by atomic mass is 16.3. The molecule has 1 atom stereocenters. The lowest BCUT2D eigenvalue weighted by Gasteiger charge is -2.32. The summed E-state index contributed by atoms with van der Waals surface area (Å²) < 4.78 is 0. The minimum absolute atomic E-state index is 0.179. The third-order valence-electron chi connectivity index (χ3n) is 3.66. The molecule has 0 saturated carbocycles. The van der Waals surface area contributed by atoms with Crippen molar-refractivity contribution in [2.75, 3.05) is 25.5 Å². The Bertz CT molecular complexity index is 358. The summed E-state index contributed by atoms with van der Waals surface area (Å²) in [5, 5.41) is 12.5. The van der Waals surface area contributed by atoms with Crippen LogP contribution in [0.4, 0.5) is 5.82 Å². The highest BCUT2D eigenvalue weighted by Gasteiger charge is 2.22. The van der Waals surface area contributed by atoms with E-state index in [0.29, 0.717) is 5.92 Å². The maximum Gasteiger partial charge on any atom is 0.144 e. The van der Waals surface area contributed by atoms with Crippen LogP contribution in [0.1, 0.15) is 25.5 Å². The van der Waals surface area contributed by atoms with Gasteiger partial charge in [0.15, 0.2) is 0 Å². The van der Waals surface area contributed by atoms with E-state index in [1.807, 2.05) is 20.2 Å². The quantitative estimate of drug-likeness (QED) is 0.838. The minimum atomic E-state index is -0.179. The predicted octanol–water partition coefficient (Wildman–Crippen LogP) is 1.11. The molecule has 1 unspecified atom stereocenters. The van der Waals surface area contributed by atoms with Crippen LogP contribution in [0.3, 0.4) is 0 Å². The van der Waals surface area contributed by atoms with Crippen molar-refractivity contribution in [3.63, 3.8) is 0 Å². The number of aromatic nitrogens is 2. The van der Waals surface area contributed by atoms with Crippen LogP contribution < -0.4 is 5.32 Å². The summed E-state index contributed by atoms with van der Waals surface area (Å²) in [7, 11) is 1.84. The fraction of sp³-hybridized carbons (Fsp3) is 0.692. The first kappa shape index (κ1) is 13.2. The molecule has 2 rings (SSSR count). The average Bonchev–Trinajstić information content (AvgIpc) is 2.40. The van der Waals surface area contributed by atoms with E-state index in [-0.39, 0.29) is 6.10 Å². The highest BCUT2D eigenvalue weighted by Crippen LogP contribution is 2.21. The van der Waals surface area contributed by atoms with Crippen molar-refractivity contribution in [2.45, 2.75) is 32.4 Å². The third kappa shape index (κ3) is 3.40. The first-order valence-electron chi connectivity index (χ1n) is 6.58. The topological polar surface area (TPSA) is 61.3 Å². The summed E-state index contributed by atoms with van der Waals surface area (Å²) in [6, 6.07) is 0. The van der Waals surface area contributed by atoms with E-state index in [0.717, 1.165) is 44.0 Å². The second-order valence-corrected chi connectivity index (χ2v) is 5.00. The van der Waals surface area contributed by atoms with Gasteiger partial charge in [-0.3, -0.25) is 9.88 Å². The van der Waals surface area contributed by atoms with Gasteiger partial charge < -0.3 is 10.4 Å². The first-order chi connectivity index (χ1) is 8.69. The fourth-order valence-corrected chi connectivity index (χ4v) is 2.39. The molecule has 2 heterocycles. The molecule has 1 saturated heterocycles. The smallest absolute Gasteiger partial charge is 0.144 e. The van der Waals surface area contributed by atoms with E-state index in [1.54, 1.807) is 6.20 Å². The van der Waals surface area contributed by atoms with Gasteiger partial charge in [-0.05, 0) is 38.8 Å². The van der Waals surface area contributed by atoms with E-state index in [4.69, 9.17) is 0 Å². The van der Waals surface area contributed by atoms with E-state index >= 15 is 0 Å². The van der Waals surface area contributed by atoms with Crippen LogP contribution in [-0.2, 0) is 6.54 Å². The molecule has 0 radical (unpaired) electrons. The number of piperidine rings is 1. The van der Waals surface area contributed by atoms with Gasteiger partial charge in [0, 0.05) is 13.6 Å². The maximum atomic E-state index is 9.56. The molecule has 5 heteroatoms. The van der Waals surface area contributed by atoms with Crippen LogP contribution in [0.25, 0.3) is 0 Å². The number of aliphatic hydroxyl groups is 1. The Balaban J connectivity index is 1.83. The Morgan fingerprint density at radius 2 is 2.11 bits per heavy atom. The van der Waals surface area contributed by atoms with Gasteiger partial charge >= 0.3 is 0 Å². The molecule has 100 valence electrons. The number of likely N-dealkylation sites (tertiary alicyclic amines) is 1. The summed E-state index contributed by atoms with van der Waals surface area (Å²) in [4.78, 5) is 11.0. The monoisotopic (exact) mass is 250 g/mol. The van der Waals surface area contributed by atoms with Crippen molar-refractivity contribution in [3.8, 4) is 0 Å². The number of hydrogen-bond donors (Lipinski definition) is 2. The standard InChI is InChI=1S/C13H22N4O/c1-10(18)11-3-5-17(6-4-11)9-12-7-16-13(14-2)8-15-12/h7-8,10-11,18H,3-6,9H2,1-2H3,(H,14,16). The molecule has 18 heavy (non-hydrogen) atoms. The lowest BCUT2D eigenvalue weighted by Crippen LogP contribution is -2.36. The molecule has 1 aliphatic rings. The van der Waals surface area contributed by atoms with Gasteiger partial charge in [-0.25, -0.2) is 4.98 Å². The lowest BCUT2D eigenvalue weighted by molar-refractivity contribution is 0.0691. The molecule has 0 amide bonds. The molecule has 1 aromatic rings. The molecule has 0 aromatic carbocycles. The van der Waals surface area contributed by atoms with E-state index in [9.17, 15) is 5.11 Å². The van der Waals surface area contributed by atoms with E-state index < -0.39 is 0 Å². The number of hydrogen-bond acceptors (Lipinski definition) is 5. The van der Waals surface area contributed by atoms with Crippen molar-refractivity contribution >= 4 is 5.82 Å². The summed E-state index contributed by atoms with van der Waals surface area (Å²) >= 11 is 0. The summed E-state index contributed by atoms with van der Waals surface area (Å²) in [5.41, 5.74) is 1.00. The summed E-state index contributed by atoms with van der Waals surface area (Å²) in [5.74, 6) is 1.26. The molecule has 0 aliphatic carbocycles. The molecule has 2 N–H and O–H groups in total. The number of anilines is 1. The zero-order valence-electron chi connectivity index (χ0n) is 11.1. The van der Waals surface area contributed by atoms with Gasteiger partial charge in [0.25, 0.3) is 0 Å². The van der Waals surface area contributed by atoms with Gasteiger partial charge in [-0.1, -0.05) is 0 Å². The summed E-state index contributed by atoms with van der Waals surface area (Å²) in [6.45, 7) is 4.81. The van der Waals surface area contributed by atoms with Crippen molar-refractivity contribution in [2.24, 2.45) is 5.92 Å². The van der Waals surface area contributed by atoms with Crippen molar-refractivity contribution < 1.29 is 5.11 Å². The van der Waals surface area contributed by atoms with E-state index in [2.05, 4.69) is 20.2 Å². The van der Waals surface area contributed by atoms with Gasteiger partial charge in [0.1, 0.15) is 5.82 Å². The normalized spacial score (nSPS) is 19.7. The van der Waals surface area contributed by atoms with Crippen LogP contribution in [-0.4, -0.2) is 46.2 Å². The first-order valence-corrected chi connectivity index (χ1v) is 6.58. The number of rotatable bonds is 4. The molecule has 5 nitrogen and oxygen atoms in total. The van der Waals surface area contributed by atoms with Gasteiger partial charge in [0.05, 0.1) is 24.2 Å². The Labute approximate surface area is 108 Å². The number of aliphatic hydroxyl groups excluding tert-OH is 1. The summed E-state index contributed by atoms with van der Waals surface area (Å²) in [6.07, 6.45) is 5.55. The average molecular weight is 250 g/mol. The van der Waals surface area contributed by atoms with Crippen molar-refractivity contribution in [1.82, 2.24) is 14.9 Å². The maximum absolute atomic E-state index is 9.56. The van der Waals surface area contributed by atoms with Gasteiger partial charge in [-0.15, -0.1) is 0 Å². The molecular formula is C13H22N4O. The van der Waals surface area contributed by atoms with Crippen LogP contribution >= 0.6 is 0 Å². The minimum Gasteiger partial charge on any atom is -0.393 e. The molecule has 0 bridgehead atoms. The Hall–Kier alpha value is -1.20. The molecule has 1 aliphatic heterocycles. The van der Waals surface area contributed by atoms with Crippen LogP contribution in [0, 0.1) is 5.92 Å². The molecule has 0 spiro atoms. The van der Waals surface area contributed by atoms with Crippen molar-refractivity contribution in [3.05, 3.63) is 18.1 Å². The van der Waals surface area contributed by atoms with Crippen LogP contribution in [0.2, 0.25) is 0 Å². The molecular weight excluding hydrogens is 228 g/mol. The van der Waals surface area contributed by atoms with Crippen LogP contribution in [0.5, 0.6) is 0 Å². The Morgan fingerprint density at radius 3 is 2.61 bits per heavy atom. The van der Waals surface area contributed by atoms with E-state index in [1.165, 1.54) is 0 Å². The number of nitrogens with one attached hydrogen (secondary N) is 1. The predicted molar refractivity (Wildman–Crippen MR) is 71.3 cm³/mol. The highest BCUT2D eigenvalue weighted by molar-refractivity contribution is 5.29. The molecule has 1 aromatic heterocycles. The Morgan fingerprint density at radius 1 is 1.39 bits per heavy atom.